The molecule has 0 spiro atoms. The van der Waals surface area contributed by atoms with Crippen LogP contribution < -0.4 is 0 Å². The first-order valence-corrected chi connectivity index (χ1v) is 5.14. The first-order chi connectivity index (χ1) is 5.84. The molecule has 0 aromatic heterocycles. The Morgan fingerprint density at radius 3 is 2.58 bits per heavy atom. The Kier molecular flexibility index (Phi) is 4.37. The van der Waals surface area contributed by atoms with Gasteiger partial charge in [-0.05, 0) is 18.9 Å². The normalized spacial score (nSPS) is 20.1. The fourth-order valence-corrected chi connectivity index (χ4v) is 1.77. The third-order valence-electron chi connectivity index (χ3n) is 2.38. The zero-order valence-electron chi connectivity index (χ0n) is 7.26. The highest BCUT2D eigenvalue weighted by atomic mass is 35.5. The minimum absolute atomic E-state index is 0.273. The summed E-state index contributed by atoms with van der Waals surface area (Å²) in [5.74, 6) is 1.01. The standard InChI is InChI=1S/C10H15ClO/c11-8-4-7-10(12)9-5-2-1-3-6-9/h4,7,9H,1-3,5-6,8H2. The summed E-state index contributed by atoms with van der Waals surface area (Å²) in [6, 6.07) is 0. The van der Waals surface area contributed by atoms with Gasteiger partial charge < -0.3 is 0 Å². The average Bonchev–Trinajstić information content (AvgIpc) is 2.15. The van der Waals surface area contributed by atoms with Crippen LogP contribution in [0.2, 0.25) is 0 Å². The van der Waals surface area contributed by atoms with Gasteiger partial charge in [0.1, 0.15) is 0 Å². The van der Waals surface area contributed by atoms with Gasteiger partial charge >= 0.3 is 0 Å². The molecular weight excluding hydrogens is 172 g/mol. The molecule has 12 heavy (non-hydrogen) atoms. The first kappa shape index (κ1) is 9.79. The maximum Gasteiger partial charge on any atom is 0.158 e. The van der Waals surface area contributed by atoms with Gasteiger partial charge in [0.05, 0.1) is 0 Å². The Hall–Kier alpha value is -0.300. The predicted octanol–water partition coefficient (Wildman–Crippen LogP) is 2.93. The van der Waals surface area contributed by atoms with Gasteiger partial charge in [-0.15, -0.1) is 11.6 Å². The largest absolute Gasteiger partial charge is 0.295 e. The number of rotatable bonds is 3. The lowest BCUT2D eigenvalue weighted by Crippen LogP contribution is -2.15. The molecule has 1 fully saturated rings. The molecule has 0 radical (unpaired) electrons. The highest BCUT2D eigenvalue weighted by Crippen LogP contribution is 2.24. The van der Waals surface area contributed by atoms with Gasteiger partial charge in [0.25, 0.3) is 0 Å². The first-order valence-electron chi connectivity index (χ1n) is 4.61. The van der Waals surface area contributed by atoms with E-state index in [1.807, 2.05) is 0 Å². The number of halogens is 1. The van der Waals surface area contributed by atoms with Crippen molar-refractivity contribution in [2.24, 2.45) is 5.92 Å². The lowest BCUT2D eigenvalue weighted by atomic mass is 9.86. The van der Waals surface area contributed by atoms with Gasteiger partial charge in [0, 0.05) is 11.8 Å². The van der Waals surface area contributed by atoms with Crippen molar-refractivity contribution in [3.05, 3.63) is 12.2 Å². The fourth-order valence-electron chi connectivity index (χ4n) is 1.68. The average molecular weight is 187 g/mol. The van der Waals surface area contributed by atoms with Crippen molar-refractivity contribution in [1.82, 2.24) is 0 Å². The molecule has 0 N–H and O–H groups in total. The summed E-state index contributed by atoms with van der Waals surface area (Å²) in [4.78, 5) is 11.4. The summed E-state index contributed by atoms with van der Waals surface area (Å²) in [6.07, 6.45) is 9.25. The second-order valence-electron chi connectivity index (χ2n) is 3.29. The zero-order valence-corrected chi connectivity index (χ0v) is 8.02. The van der Waals surface area contributed by atoms with E-state index >= 15 is 0 Å². The van der Waals surface area contributed by atoms with Crippen LogP contribution in [0.4, 0.5) is 0 Å². The molecular formula is C10H15ClO. The molecule has 1 aliphatic carbocycles. The molecule has 0 unspecified atom stereocenters. The summed E-state index contributed by atoms with van der Waals surface area (Å²) in [7, 11) is 0. The maximum absolute atomic E-state index is 11.4. The molecule has 0 saturated heterocycles. The molecule has 0 amide bonds. The van der Waals surface area contributed by atoms with Crippen LogP contribution in [0.15, 0.2) is 12.2 Å². The lowest BCUT2D eigenvalue weighted by molar-refractivity contribution is -0.119. The Labute approximate surface area is 78.8 Å². The number of hydrogen-bond acceptors (Lipinski definition) is 1. The molecule has 1 saturated carbocycles. The monoisotopic (exact) mass is 186 g/mol. The van der Waals surface area contributed by atoms with Crippen LogP contribution in [0.25, 0.3) is 0 Å². The van der Waals surface area contributed by atoms with Crippen LogP contribution >= 0.6 is 11.6 Å². The second kappa shape index (κ2) is 5.36. The van der Waals surface area contributed by atoms with Crippen LogP contribution in [-0.2, 0) is 4.79 Å². The van der Waals surface area contributed by atoms with E-state index in [1.54, 1.807) is 12.2 Å². The van der Waals surface area contributed by atoms with Gasteiger partial charge in [-0.1, -0.05) is 25.3 Å². The predicted molar refractivity (Wildman–Crippen MR) is 51.4 cm³/mol. The van der Waals surface area contributed by atoms with Crippen molar-refractivity contribution in [3.8, 4) is 0 Å². The summed E-state index contributed by atoms with van der Waals surface area (Å²) in [5, 5.41) is 0. The van der Waals surface area contributed by atoms with E-state index in [-0.39, 0.29) is 5.78 Å². The highest BCUT2D eigenvalue weighted by Gasteiger charge is 2.18. The number of alkyl halides is 1. The Morgan fingerprint density at radius 1 is 1.33 bits per heavy atom. The highest BCUT2D eigenvalue weighted by molar-refractivity contribution is 6.19. The molecule has 68 valence electrons. The van der Waals surface area contributed by atoms with Crippen LogP contribution in [0, 0.1) is 5.92 Å². The van der Waals surface area contributed by atoms with Gasteiger partial charge in [-0.25, -0.2) is 0 Å². The minimum atomic E-state index is 0.273. The summed E-state index contributed by atoms with van der Waals surface area (Å²) in [6.45, 7) is 0. The van der Waals surface area contributed by atoms with Crippen LogP contribution in [0.5, 0.6) is 0 Å². The molecule has 0 aromatic carbocycles. The number of ketones is 1. The van der Waals surface area contributed by atoms with E-state index in [9.17, 15) is 4.79 Å². The van der Waals surface area contributed by atoms with E-state index in [0.717, 1.165) is 12.8 Å². The molecule has 0 bridgehead atoms. The number of hydrogen-bond donors (Lipinski definition) is 0. The smallest absolute Gasteiger partial charge is 0.158 e. The number of allylic oxidation sites excluding steroid dienone is 2. The number of carbonyl (C=O) groups is 1. The number of carbonyl (C=O) groups excluding carboxylic acids is 1. The molecule has 1 aliphatic rings. The van der Waals surface area contributed by atoms with Crippen molar-refractivity contribution >= 4 is 17.4 Å². The Balaban J connectivity index is 2.34. The summed E-state index contributed by atoms with van der Waals surface area (Å²) >= 11 is 5.45. The summed E-state index contributed by atoms with van der Waals surface area (Å²) < 4.78 is 0. The Bertz CT molecular complexity index is 169. The lowest BCUT2D eigenvalue weighted by Gasteiger charge is -2.18. The molecule has 1 rings (SSSR count). The van der Waals surface area contributed by atoms with Gasteiger partial charge in [-0.3, -0.25) is 4.79 Å². The van der Waals surface area contributed by atoms with Crippen LogP contribution in [0.3, 0.4) is 0 Å². The SMILES string of the molecule is O=C(C=CCCl)C1CCCCC1. The summed E-state index contributed by atoms with van der Waals surface area (Å²) in [5.41, 5.74) is 0. The molecule has 2 heteroatoms. The van der Waals surface area contributed by atoms with E-state index in [1.165, 1.54) is 19.3 Å². The van der Waals surface area contributed by atoms with Crippen molar-refractivity contribution in [3.63, 3.8) is 0 Å². The molecule has 0 aromatic rings. The molecule has 1 nitrogen and oxygen atoms in total. The van der Waals surface area contributed by atoms with E-state index in [2.05, 4.69) is 0 Å². The van der Waals surface area contributed by atoms with Gasteiger partial charge in [0.2, 0.25) is 0 Å². The van der Waals surface area contributed by atoms with Crippen molar-refractivity contribution < 1.29 is 4.79 Å². The Morgan fingerprint density at radius 2 is 2.00 bits per heavy atom. The minimum Gasteiger partial charge on any atom is -0.295 e. The zero-order chi connectivity index (χ0) is 8.81. The van der Waals surface area contributed by atoms with E-state index in [4.69, 9.17) is 11.6 Å². The van der Waals surface area contributed by atoms with E-state index < -0.39 is 0 Å². The second-order valence-corrected chi connectivity index (χ2v) is 3.60. The van der Waals surface area contributed by atoms with Crippen molar-refractivity contribution in [2.45, 2.75) is 32.1 Å². The molecule has 0 aliphatic heterocycles. The fraction of sp³-hybridized carbons (Fsp3) is 0.700. The van der Waals surface area contributed by atoms with Crippen molar-refractivity contribution in [2.75, 3.05) is 5.88 Å². The topological polar surface area (TPSA) is 17.1 Å². The van der Waals surface area contributed by atoms with Gasteiger partial charge in [-0.2, -0.15) is 0 Å². The molecule has 0 heterocycles. The quantitative estimate of drug-likeness (QED) is 0.489. The van der Waals surface area contributed by atoms with Crippen LogP contribution in [-0.4, -0.2) is 11.7 Å². The third-order valence-corrected chi connectivity index (χ3v) is 2.56. The maximum atomic E-state index is 11.4. The van der Waals surface area contributed by atoms with E-state index in [0.29, 0.717) is 11.8 Å². The third kappa shape index (κ3) is 2.98. The van der Waals surface area contributed by atoms with Crippen LogP contribution in [0.1, 0.15) is 32.1 Å². The molecule has 0 atom stereocenters. The van der Waals surface area contributed by atoms with Crippen molar-refractivity contribution in [1.29, 1.82) is 0 Å². The van der Waals surface area contributed by atoms with Gasteiger partial charge in [0.15, 0.2) is 5.78 Å².